The molecule has 128 valence electrons. The summed E-state index contributed by atoms with van der Waals surface area (Å²) in [5.41, 5.74) is 3.27. The van der Waals surface area contributed by atoms with Crippen LogP contribution >= 0.6 is 0 Å². The van der Waals surface area contributed by atoms with Gasteiger partial charge in [0.15, 0.2) is 0 Å². The molecule has 0 aromatic heterocycles. The first-order valence-electron chi connectivity index (χ1n) is 8.17. The number of carbonyl (C=O) groups is 1. The third-order valence-corrected chi connectivity index (χ3v) is 3.80. The van der Waals surface area contributed by atoms with Gasteiger partial charge in [-0.2, -0.15) is 0 Å². The molecule has 1 atom stereocenters. The number of amides is 1. The topological polar surface area (TPSA) is 58.6 Å². The average Bonchev–Trinajstić information content (AvgIpc) is 2.52. The Morgan fingerprint density at radius 3 is 2.21 bits per heavy atom. The Morgan fingerprint density at radius 2 is 1.67 bits per heavy atom. The van der Waals surface area contributed by atoms with E-state index >= 15 is 0 Å². The zero-order valence-electron chi connectivity index (χ0n) is 14.7. The van der Waals surface area contributed by atoms with Gasteiger partial charge in [0, 0.05) is 12.1 Å². The summed E-state index contributed by atoms with van der Waals surface area (Å²) in [6.45, 7) is 7.91. The van der Waals surface area contributed by atoms with Gasteiger partial charge < -0.3 is 15.2 Å². The fourth-order valence-corrected chi connectivity index (χ4v) is 2.61. The maximum absolute atomic E-state index is 12.4. The predicted molar refractivity (Wildman–Crippen MR) is 95.4 cm³/mol. The number of aliphatic hydroxyl groups excluding tert-OH is 1. The van der Waals surface area contributed by atoms with Gasteiger partial charge in [-0.3, -0.25) is 4.79 Å². The Hall–Kier alpha value is -2.33. The molecule has 1 amide bonds. The van der Waals surface area contributed by atoms with Gasteiger partial charge in [0.1, 0.15) is 5.75 Å². The molecule has 2 N–H and O–H groups in total. The van der Waals surface area contributed by atoms with Crippen LogP contribution in [-0.2, 0) is 0 Å². The highest BCUT2D eigenvalue weighted by molar-refractivity contribution is 5.97. The minimum Gasteiger partial charge on any atom is -0.491 e. The second-order valence-electron chi connectivity index (χ2n) is 6.23. The van der Waals surface area contributed by atoms with Crippen molar-refractivity contribution in [2.45, 2.75) is 39.9 Å². The van der Waals surface area contributed by atoms with Crippen LogP contribution in [0.2, 0.25) is 0 Å². The summed E-state index contributed by atoms with van der Waals surface area (Å²) in [6.07, 6.45) is -0.649. The van der Waals surface area contributed by atoms with E-state index in [9.17, 15) is 9.90 Å². The Kier molecular flexibility index (Phi) is 5.99. The van der Waals surface area contributed by atoms with Crippen LogP contribution in [0.15, 0.2) is 42.5 Å². The molecule has 0 aliphatic heterocycles. The zero-order chi connectivity index (χ0) is 17.7. The standard InChI is InChI=1S/C20H25NO3/c1-13(2)24-17-10-8-16(9-11-17)18(22)12-21-20(23)19-14(3)6-5-7-15(19)4/h5-11,13,18,22H,12H2,1-4H3,(H,21,23). The number of hydrogen-bond acceptors (Lipinski definition) is 3. The molecule has 24 heavy (non-hydrogen) atoms. The zero-order valence-corrected chi connectivity index (χ0v) is 14.7. The number of rotatable bonds is 6. The summed E-state index contributed by atoms with van der Waals surface area (Å²) in [7, 11) is 0. The number of hydrogen-bond donors (Lipinski definition) is 2. The van der Waals surface area contributed by atoms with Crippen LogP contribution in [0.1, 0.15) is 47.0 Å². The molecule has 2 rings (SSSR count). The molecule has 0 aliphatic rings. The molecule has 4 nitrogen and oxygen atoms in total. The van der Waals surface area contributed by atoms with Crippen molar-refractivity contribution in [1.82, 2.24) is 5.32 Å². The molecular formula is C20H25NO3. The first-order valence-corrected chi connectivity index (χ1v) is 8.17. The quantitative estimate of drug-likeness (QED) is 0.853. The molecule has 4 heteroatoms. The summed E-state index contributed by atoms with van der Waals surface area (Å²) in [6, 6.07) is 13.0. The molecule has 2 aromatic carbocycles. The fraction of sp³-hybridized carbons (Fsp3) is 0.350. The van der Waals surface area contributed by atoms with Crippen LogP contribution in [0.3, 0.4) is 0 Å². The number of ether oxygens (including phenoxy) is 1. The lowest BCUT2D eigenvalue weighted by Crippen LogP contribution is -2.29. The second-order valence-corrected chi connectivity index (χ2v) is 6.23. The molecular weight excluding hydrogens is 302 g/mol. The van der Waals surface area contributed by atoms with E-state index in [-0.39, 0.29) is 18.6 Å². The van der Waals surface area contributed by atoms with Gasteiger partial charge in [-0.25, -0.2) is 0 Å². The first kappa shape index (κ1) is 18.0. The van der Waals surface area contributed by atoms with Gasteiger partial charge in [-0.1, -0.05) is 30.3 Å². The number of aryl methyl sites for hydroxylation is 2. The molecule has 0 bridgehead atoms. The minimum absolute atomic E-state index is 0.109. The average molecular weight is 327 g/mol. The third kappa shape index (κ3) is 4.59. The molecule has 0 aliphatic carbocycles. The van der Waals surface area contributed by atoms with Gasteiger partial charge in [0.2, 0.25) is 0 Å². The Morgan fingerprint density at radius 1 is 1.08 bits per heavy atom. The van der Waals surface area contributed by atoms with E-state index < -0.39 is 6.10 Å². The van der Waals surface area contributed by atoms with Crippen LogP contribution in [0.25, 0.3) is 0 Å². The van der Waals surface area contributed by atoms with Crippen molar-refractivity contribution in [3.05, 3.63) is 64.7 Å². The molecule has 0 heterocycles. The first-order chi connectivity index (χ1) is 11.4. The Labute approximate surface area is 143 Å². The molecule has 0 saturated heterocycles. The maximum Gasteiger partial charge on any atom is 0.251 e. The molecule has 0 radical (unpaired) electrons. The smallest absolute Gasteiger partial charge is 0.251 e. The predicted octanol–water partition coefficient (Wildman–Crippen LogP) is 3.55. The van der Waals surface area contributed by atoms with E-state index in [2.05, 4.69) is 5.32 Å². The summed E-state index contributed by atoms with van der Waals surface area (Å²) >= 11 is 0. The number of carbonyl (C=O) groups excluding carboxylic acids is 1. The summed E-state index contributed by atoms with van der Waals surface area (Å²) in [4.78, 5) is 12.4. The lowest BCUT2D eigenvalue weighted by Gasteiger charge is -2.15. The van der Waals surface area contributed by atoms with Crippen LogP contribution in [0.5, 0.6) is 5.75 Å². The van der Waals surface area contributed by atoms with Crippen molar-refractivity contribution >= 4 is 5.91 Å². The lowest BCUT2D eigenvalue weighted by molar-refractivity contribution is 0.0915. The Balaban J connectivity index is 1.97. The van der Waals surface area contributed by atoms with Crippen molar-refractivity contribution in [1.29, 1.82) is 0 Å². The monoisotopic (exact) mass is 327 g/mol. The van der Waals surface area contributed by atoms with Crippen molar-refractivity contribution in [2.24, 2.45) is 0 Å². The van der Waals surface area contributed by atoms with Crippen molar-refractivity contribution in [2.75, 3.05) is 6.54 Å². The number of aliphatic hydroxyl groups is 1. The van der Waals surface area contributed by atoms with Gasteiger partial charge in [-0.05, 0) is 56.5 Å². The van der Waals surface area contributed by atoms with E-state index in [1.807, 2.05) is 70.2 Å². The van der Waals surface area contributed by atoms with Crippen LogP contribution in [0, 0.1) is 13.8 Å². The number of benzene rings is 2. The van der Waals surface area contributed by atoms with Gasteiger partial charge in [0.25, 0.3) is 5.91 Å². The van der Waals surface area contributed by atoms with Crippen molar-refractivity contribution in [3.8, 4) is 5.75 Å². The van der Waals surface area contributed by atoms with E-state index in [1.54, 1.807) is 0 Å². The normalized spacial score (nSPS) is 12.1. The van der Waals surface area contributed by atoms with Crippen LogP contribution in [-0.4, -0.2) is 23.7 Å². The van der Waals surface area contributed by atoms with E-state index in [0.717, 1.165) is 22.4 Å². The van der Waals surface area contributed by atoms with E-state index in [0.29, 0.717) is 5.56 Å². The van der Waals surface area contributed by atoms with Crippen LogP contribution < -0.4 is 10.1 Å². The molecule has 1 unspecified atom stereocenters. The third-order valence-electron chi connectivity index (χ3n) is 3.80. The van der Waals surface area contributed by atoms with Gasteiger partial charge >= 0.3 is 0 Å². The largest absolute Gasteiger partial charge is 0.491 e. The lowest BCUT2D eigenvalue weighted by atomic mass is 10.0. The summed E-state index contributed by atoms with van der Waals surface area (Å²) in [5.74, 6) is 0.602. The molecule has 0 fully saturated rings. The maximum atomic E-state index is 12.4. The van der Waals surface area contributed by atoms with Gasteiger partial charge in [-0.15, -0.1) is 0 Å². The fourth-order valence-electron chi connectivity index (χ4n) is 2.61. The van der Waals surface area contributed by atoms with Crippen molar-refractivity contribution in [3.63, 3.8) is 0 Å². The SMILES string of the molecule is Cc1cccc(C)c1C(=O)NCC(O)c1ccc(OC(C)C)cc1. The highest BCUT2D eigenvalue weighted by Crippen LogP contribution is 2.19. The summed E-state index contributed by atoms with van der Waals surface area (Å²) < 4.78 is 5.58. The number of nitrogens with one attached hydrogen (secondary N) is 1. The molecule has 2 aromatic rings. The van der Waals surface area contributed by atoms with Crippen molar-refractivity contribution < 1.29 is 14.6 Å². The van der Waals surface area contributed by atoms with E-state index in [4.69, 9.17) is 4.74 Å². The van der Waals surface area contributed by atoms with Gasteiger partial charge in [0.05, 0.1) is 12.2 Å². The minimum atomic E-state index is -0.758. The second kappa shape index (κ2) is 7.97. The molecule has 0 spiro atoms. The highest BCUT2D eigenvalue weighted by atomic mass is 16.5. The highest BCUT2D eigenvalue weighted by Gasteiger charge is 2.14. The van der Waals surface area contributed by atoms with Crippen LogP contribution in [0.4, 0.5) is 0 Å². The van der Waals surface area contributed by atoms with E-state index in [1.165, 1.54) is 0 Å². The Bertz CT molecular complexity index is 672. The summed E-state index contributed by atoms with van der Waals surface area (Å²) in [5, 5.41) is 13.1. The molecule has 0 saturated carbocycles.